The van der Waals surface area contributed by atoms with Crippen molar-refractivity contribution in [2.75, 3.05) is 12.3 Å². The van der Waals surface area contributed by atoms with E-state index < -0.39 is 0 Å². The number of hydrogen-bond donors (Lipinski definition) is 2. The van der Waals surface area contributed by atoms with Crippen molar-refractivity contribution < 1.29 is 9.53 Å². The lowest BCUT2D eigenvalue weighted by Gasteiger charge is -2.07. The van der Waals surface area contributed by atoms with Gasteiger partial charge in [0, 0.05) is 36.6 Å². The first-order valence-electron chi connectivity index (χ1n) is 6.79. The van der Waals surface area contributed by atoms with Crippen LogP contribution in [0.2, 0.25) is 0 Å². The van der Waals surface area contributed by atoms with Crippen molar-refractivity contribution in [1.82, 2.24) is 15.1 Å². The fourth-order valence-corrected chi connectivity index (χ4v) is 1.87. The highest BCUT2D eigenvalue weighted by Crippen LogP contribution is 2.14. The molecule has 0 unspecified atom stereocenters. The number of nitrogen functional groups attached to an aromatic ring is 1. The highest BCUT2D eigenvalue weighted by molar-refractivity contribution is 5.76. The summed E-state index contributed by atoms with van der Waals surface area (Å²) in [5.74, 6) is 0.619. The van der Waals surface area contributed by atoms with E-state index in [1.807, 2.05) is 26.1 Å². The second kappa shape index (κ2) is 6.78. The van der Waals surface area contributed by atoms with E-state index in [9.17, 15) is 4.79 Å². The standard InChI is InChI=1S/C15H20N4O2/c1-11-12(10-18-19(11)2)9-17-15(20)6-7-21-14-5-3-4-13(16)8-14/h3-5,8,10H,6-7,9,16H2,1-2H3,(H,17,20). The Morgan fingerprint density at radius 2 is 2.29 bits per heavy atom. The van der Waals surface area contributed by atoms with Gasteiger partial charge in [-0.1, -0.05) is 6.07 Å². The van der Waals surface area contributed by atoms with Gasteiger partial charge in [-0.2, -0.15) is 5.10 Å². The van der Waals surface area contributed by atoms with Crippen LogP contribution in [0.15, 0.2) is 30.5 Å². The molecule has 112 valence electrons. The molecule has 0 saturated carbocycles. The number of benzene rings is 1. The van der Waals surface area contributed by atoms with Crippen molar-refractivity contribution >= 4 is 11.6 Å². The van der Waals surface area contributed by atoms with Crippen LogP contribution < -0.4 is 15.8 Å². The van der Waals surface area contributed by atoms with Crippen LogP contribution in [0.1, 0.15) is 17.7 Å². The minimum Gasteiger partial charge on any atom is -0.493 e. The van der Waals surface area contributed by atoms with E-state index in [2.05, 4.69) is 10.4 Å². The number of nitrogens with zero attached hydrogens (tertiary/aromatic N) is 2. The Hall–Kier alpha value is -2.50. The fraction of sp³-hybridized carbons (Fsp3) is 0.333. The van der Waals surface area contributed by atoms with Gasteiger partial charge in [-0.25, -0.2) is 0 Å². The molecule has 0 aliphatic carbocycles. The Labute approximate surface area is 123 Å². The molecule has 1 aromatic heterocycles. The van der Waals surface area contributed by atoms with Gasteiger partial charge in [0.15, 0.2) is 0 Å². The number of nitrogens with one attached hydrogen (secondary N) is 1. The average Bonchev–Trinajstić information content (AvgIpc) is 2.77. The second-order valence-corrected chi connectivity index (χ2v) is 4.83. The molecule has 2 rings (SSSR count). The van der Waals surface area contributed by atoms with E-state index in [1.54, 1.807) is 23.0 Å². The molecule has 0 spiro atoms. The van der Waals surface area contributed by atoms with E-state index in [1.165, 1.54) is 0 Å². The van der Waals surface area contributed by atoms with Gasteiger partial charge in [0.25, 0.3) is 0 Å². The molecule has 2 aromatic rings. The lowest BCUT2D eigenvalue weighted by atomic mass is 10.2. The average molecular weight is 288 g/mol. The number of carbonyl (C=O) groups excluding carboxylic acids is 1. The monoisotopic (exact) mass is 288 g/mol. The van der Waals surface area contributed by atoms with Gasteiger partial charge in [-0.05, 0) is 19.1 Å². The van der Waals surface area contributed by atoms with Gasteiger partial charge < -0.3 is 15.8 Å². The van der Waals surface area contributed by atoms with Crippen LogP contribution in [0.3, 0.4) is 0 Å². The first kappa shape index (κ1) is 14.9. The normalized spacial score (nSPS) is 10.4. The zero-order valence-electron chi connectivity index (χ0n) is 12.3. The van der Waals surface area contributed by atoms with Gasteiger partial charge >= 0.3 is 0 Å². The quantitative estimate of drug-likeness (QED) is 0.787. The summed E-state index contributed by atoms with van der Waals surface area (Å²) in [6.45, 7) is 2.77. The zero-order chi connectivity index (χ0) is 15.2. The Bertz CT molecular complexity index is 622. The third-order valence-corrected chi connectivity index (χ3v) is 3.27. The van der Waals surface area contributed by atoms with Crippen LogP contribution in [0.5, 0.6) is 5.75 Å². The minimum absolute atomic E-state index is 0.0536. The Balaban J connectivity index is 1.71. The summed E-state index contributed by atoms with van der Waals surface area (Å²) in [5.41, 5.74) is 8.36. The molecule has 0 atom stereocenters. The predicted molar refractivity (Wildman–Crippen MR) is 80.8 cm³/mol. The molecule has 21 heavy (non-hydrogen) atoms. The maximum absolute atomic E-state index is 11.7. The molecule has 0 aliphatic heterocycles. The topological polar surface area (TPSA) is 82.2 Å². The molecule has 0 radical (unpaired) electrons. The van der Waals surface area contributed by atoms with Gasteiger partial charge in [0.05, 0.1) is 19.2 Å². The summed E-state index contributed by atoms with van der Waals surface area (Å²) in [5, 5.41) is 6.99. The molecule has 1 heterocycles. The van der Waals surface area contributed by atoms with E-state index in [4.69, 9.17) is 10.5 Å². The number of ether oxygens (including phenoxy) is 1. The van der Waals surface area contributed by atoms with Gasteiger partial charge in [0.2, 0.25) is 5.91 Å². The van der Waals surface area contributed by atoms with Crippen molar-refractivity contribution in [2.24, 2.45) is 7.05 Å². The molecule has 6 nitrogen and oxygen atoms in total. The summed E-state index contributed by atoms with van der Waals surface area (Å²) >= 11 is 0. The maximum atomic E-state index is 11.7. The maximum Gasteiger partial charge on any atom is 0.223 e. The van der Waals surface area contributed by atoms with Gasteiger partial charge in [0.1, 0.15) is 5.75 Å². The fourth-order valence-electron chi connectivity index (χ4n) is 1.87. The highest BCUT2D eigenvalue weighted by Gasteiger charge is 2.06. The van der Waals surface area contributed by atoms with Crippen molar-refractivity contribution in [3.8, 4) is 5.75 Å². The summed E-state index contributed by atoms with van der Waals surface area (Å²) in [6.07, 6.45) is 2.06. The van der Waals surface area contributed by atoms with E-state index >= 15 is 0 Å². The summed E-state index contributed by atoms with van der Waals surface area (Å²) in [7, 11) is 1.88. The molecular weight excluding hydrogens is 268 g/mol. The largest absolute Gasteiger partial charge is 0.493 e. The molecule has 0 aliphatic rings. The number of aryl methyl sites for hydroxylation is 1. The smallest absolute Gasteiger partial charge is 0.223 e. The third-order valence-electron chi connectivity index (χ3n) is 3.27. The number of aromatic nitrogens is 2. The molecule has 0 saturated heterocycles. The van der Waals surface area contributed by atoms with E-state index in [-0.39, 0.29) is 5.91 Å². The van der Waals surface area contributed by atoms with Crippen molar-refractivity contribution in [3.63, 3.8) is 0 Å². The van der Waals surface area contributed by atoms with E-state index in [0.29, 0.717) is 31.0 Å². The third kappa shape index (κ3) is 4.24. The second-order valence-electron chi connectivity index (χ2n) is 4.83. The molecular formula is C15H20N4O2. The molecule has 3 N–H and O–H groups in total. The minimum atomic E-state index is -0.0536. The number of rotatable bonds is 6. The lowest BCUT2D eigenvalue weighted by molar-refractivity contribution is -0.121. The SMILES string of the molecule is Cc1c(CNC(=O)CCOc2cccc(N)c2)cnn1C. The Morgan fingerprint density at radius 3 is 2.95 bits per heavy atom. The van der Waals surface area contributed by atoms with Crippen LogP contribution >= 0.6 is 0 Å². The van der Waals surface area contributed by atoms with Crippen LogP contribution in [0.25, 0.3) is 0 Å². The van der Waals surface area contributed by atoms with Crippen LogP contribution in [0.4, 0.5) is 5.69 Å². The van der Waals surface area contributed by atoms with E-state index in [0.717, 1.165) is 11.3 Å². The summed E-state index contributed by atoms with van der Waals surface area (Å²) < 4.78 is 7.26. The van der Waals surface area contributed by atoms with Crippen LogP contribution in [-0.4, -0.2) is 22.3 Å². The van der Waals surface area contributed by atoms with Crippen molar-refractivity contribution in [1.29, 1.82) is 0 Å². The Kier molecular flexibility index (Phi) is 4.81. The molecule has 1 amide bonds. The van der Waals surface area contributed by atoms with Gasteiger partial charge in [-0.15, -0.1) is 0 Å². The summed E-state index contributed by atoms with van der Waals surface area (Å²) in [6, 6.07) is 7.15. The summed E-state index contributed by atoms with van der Waals surface area (Å²) in [4.78, 5) is 11.7. The van der Waals surface area contributed by atoms with Crippen LogP contribution in [-0.2, 0) is 18.4 Å². The number of amides is 1. The Morgan fingerprint density at radius 1 is 1.48 bits per heavy atom. The first-order valence-corrected chi connectivity index (χ1v) is 6.79. The molecule has 0 bridgehead atoms. The number of hydrogen-bond acceptors (Lipinski definition) is 4. The number of anilines is 1. The molecule has 1 aromatic carbocycles. The van der Waals surface area contributed by atoms with Gasteiger partial charge in [-0.3, -0.25) is 9.48 Å². The van der Waals surface area contributed by atoms with Crippen LogP contribution in [0, 0.1) is 6.92 Å². The number of nitrogens with two attached hydrogens (primary N) is 1. The highest BCUT2D eigenvalue weighted by atomic mass is 16.5. The first-order chi connectivity index (χ1) is 10.1. The van der Waals surface area contributed by atoms with Crippen molar-refractivity contribution in [3.05, 3.63) is 41.7 Å². The molecule has 6 heteroatoms. The zero-order valence-corrected chi connectivity index (χ0v) is 12.3. The predicted octanol–water partition coefficient (Wildman–Crippen LogP) is 1.40. The lowest BCUT2D eigenvalue weighted by Crippen LogP contribution is -2.24. The van der Waals surface area contributed by atoms with Crippen molar-refractivity contribution in [2.45, 2.75) is 19.9 Å². The molecule has 0 fully saturated rings. The number of carbonyl (C=O) groups is 1.